The van der Waals surface area contributed by atoms with Crippen molar-refractivity contribution in [1.29, 1.82) is 0 Å². The lowest BCUT2D eigenvalue weighted by Gasteiger charge is -2.36. The molecule has 1 fully saturated rings. The molecule has 19 heavy (non-hydrogen) atoms. The molecule has 0 aliphatic carbocycles. The van der Waals surface area contributed by atoms with Crippen LogP contribution in [-0.4, -0.2) is 29.0 Å². The summed E-state index contributed by atoms with van der Waals surface area (Å²) in [4.78, 5) is 19.9. The predicted octanol–water partition coefficient (Wildman–Crippen LogP) is 1.76. The van der Waals surface area contributed by atoms with Gasteiger partial charge in [0.15, 0.2) is 0 Å². The monoisotopic (exact) mass is 264 g/mol. The average Bonchev–Trinajstić information content (AvgIpc) is 2.94. The molecule has 0 bridgehead atoms. The van der Waals surface area contributed by atoms with Crippen LogP contribution < -0.4 is 10.6 Å². The van der Waals surface area contributed by atoms with Gasteiger partial charge in [0.1, 0.15) is 5.82 Å². The van der Waals surface area contributed by atoms with Crippen molar-refractivity contribution in [3.8, 4) is 0 Å². The van der Waals surface area contributed by atoms with Crippen molar-refractivity contribution < 1.29 is 4.79 Å². The Labute approximate surface area is 114 Å². The first-order valence-corrected chi connectivity index (χ1v) is 7.19. The molecular formula is C14H24N4O. The maximum Gasteiger partial charge on any atom is 0.226 e. The minimum atomic E-state index is -0.194. The Hall–Kier alpha value is -1.36. The van der Waals surface area contributed by atoms with Crippen molar-refractivity contribution in [2.24, 2.45) is 5.41 Å². The van der Waals surface area contributed by atoms with Crippen LogP contribution in [0.2, 0.25) is 0 Å². The van der Waals surface area contributed by atoms with E-state index in [1.165, 1.54) is 0 Å². The first kappa shape index (κ1) is 14.1. The number of rotatable bonds is 5. The lowest BCUT2D eigenvalue weighted by atomic mass is 9.74. The molecule has 3 N–H and O–H groups in total. The third-order valence-corrected chi connectivity index (χ3v) is 4.05. The fourth-order valence-corrected chi connectivity index (χ4v) is 2.91. The molecule has 2 heterocycles. The Morgan fingerprint density at radius 1 is 1.53 bits per heavy atom. The summed E-state index contributed by atoms with van der Waals surface area (Å²) in [6.45, 7) is 5.98. The summed E-state index contributed by atoms with van der Waals surface area (Å²) in [7, 11) is 0. The van der Waals surface area contributed by atoms with E-state index >= 15 is 0 Å². The molecule has 2 rings (SSSR count). The normalized spacial score (nSPS) is 19.9. The zero-order valence-electron chi connectivity index (χ0n) is 11.8. The number of aromatic nitrogens is 2. The van der Waals surface area contributed by atoms with Crippen molar-refractivity contribution in [2.45, 2.75) is 45.6 Å². The highest BCUT2D eigenvalue weighted by Gasteiger charge is 2.39. The number of H-pyrrole nitrogens is 1. The fraction of sp³-hybridized carbons (Fsp3) is 0.714. The molecule has 5 nitrogen and oxygen atoms in total. The van der Waals surface area contributed by atoms with Gasteiger partial charge < -0.3 is 15.6 Å². The second kappa shape index (κ2) is 6.19. The second-order valence-electron chi connectivity index (χ2n) is 5.45. The molecule has 5 heteroatoms. The van der Waals surface area contributed by atoms with Crippen molar-refractivity contribution in [2.75, 3.05) is 13.1 Å². The highest BCUT2D eigenvalue weighted by atomic mass is 16.2. The van der Waals surface area contributed by atoms with Gasteiger partial charge in [0.05, 0.1) is 11.5 Å². The SMILES string of the molecule is CCCC1(C(=O)NC(C)c2ncc[nH]2)CCNCC1. The Kier molecular flexibility index (Phi) is 4.58. The van der Waals surface area contributed by atoms with Crippen LogP contribution in [0.1, 0.15) is 51.4 Å². The lowest BCUT2D eigenvalue weighted by Crippen LogP contribution is -2.48. The van der Waals surface area contributed by atoms with Crippen LogP contribution >= 0.6 is 0 Å². The second-order valence-corrected chi connectivity index (χ2v) is 5.45. The summed E-state index contributed by atoms with van der Waals surface area (Å²) < 4.78 is 0. The molecule has 0 radical (unpaired) electrons. The number of aromatic amines is 1. The summed E-state index contributed by atoms with van der Waals surface area (Å²) in [5, 5.41) is 6.45. The largest absolute Gasteiger partial charge is 0.347 e. The van der Waals surface area contributed by atoms with Gasteiger partial charge in [-0.2, -0.15) is 0 Å². The fourth-order valence-electron chi connectivity index (χ4n) is 2.91. The number of hydrogen-bond donors (Lipinski definition) is 3. The zero-order chi connectivity index (χ0) is 13.7. The van der Waals surface area contributed by atoms with Crippen LogP contribution in [0.25, 0.3) is 0 Å². The van der Waals surface area contributed by atoms with Gasteiger partial charge in [-0.3, -0.25) is 4.79 Å². The smallest absolute Gasteiger partial charge is 0.226 e. The highest BCUT2D eigenvalue weighted by molar-refractivity contribution is 5.83. The number of carbonyl (C=O) groups excluding carboxylic acids is 1. The summed E-state index contributed by atoms with van der Waals surface area (Å²) >= 11 is 0. The number of amides is 1. The Morgan fingerprint density at radius 2 is 2.26 bits per heavy atom. The number of imidazole rings is 1. The molecule has 0 spiro atoms. The third kappa shape index (κ3) is 3.15. The van der Waals surface area contributed by atoms with Gasteiger partial charge in [-0.25, -0.2) is 4.98 Å². The molecule has 1 aliphatic rings. The number of carbonyl (C=O) groups is 1. The van der Waals surface area contributed by atoms with Crippen LogP contribution in [-0.2, 0) is 4.79 Å². The van der Waals surface area contributed by atoms with Gasteiger partial charge in [0, 0.05) is 12.4 Å². The Bertz CT molecular complexity index is 390. The molecular weight excluding hydrogens is 240 g/mol. The van der Waals surface area contributed by atoms with E-state index in [2.05, 4.69) is 27.5 Å². The maximum atomic E-state index is 12.6. The van der Waals surface area contributed by atoms with E-state index in [-0.39, 0.29) is 17.4 Å². The number of hydrogen-bond acceptors (Lipinski definition) is 3. The van der Waals surface area contributed by atoms with Crippen LogP contribution in [0.5, 0.6) is 0 Å². The summed E-state index contributed by atoms with van der Waals surface area (Å²) in [6.07, 6.45) is 7.36. The molecule has 1 aliphatic heterocycles. The minimum Gasteiger partial charge on any atom is -0.347 e. The molecule has 1 aromatic rings. The number of nitrogens with zero attached hydrogens (tertiary/aromatic N) is 1. The Balaban J connectivity index is 2.03. The number of nitrogens with one attached hydrogen (secondary N) is 3. The van der Waals surface area contributed by atoms with Crippen molar-refractivity contribution in [1.82, 2.24) is 20.6 Å². The quantitative estimate of drug-likeness (QED) is 0.759. The van der Waals surface area contributed by atoms with E-state index in [0.717, 1.165) is 44.6 Å². The van der Waals surface area contributed by atoms with Crippen LogP contribution in [0, 0.1) is 5.41 Å². The molecule has 0 aromatic carbocycles. The molecule has 0 saturated carbocycles. The van der Waals surface area contributed by atoms with Crippen LogP contribution in [0.15, 0.2) is 12.4 Å². The molecule has 1 saturated heterocycles. The molecule has 1 unspecified atom stereocenters. The van der Waals surface area contributed by atoms with Crippen molar-refractivity contribution in [3.63, 3.8) is 0 Å². The van der Waals surface area contributed by atoms with Gasteiger partial charge in [-0.05, 0) is 39.3 Å². The summed E-state index contributed by atoms with van der Waals surface area (Å²) in [5.41, 5.74) is -0.194. The van der Waals surface area contributed by atoms with Gasteiger partial charge in [-0.15, -0.1) is 0 Å². The Morgan fingerprint density at radius 3 is 2.84 bits per heavy atom. The minimum absolute atomic E-state index is 0.0638. The van der Waals surface area contributed by atoms with Crippen molar-refractivity contribution in [3.05, 3.63) is 18.2 Å². The van der Waals surface area contributed by atoms with Crippen LogP contribution in [0.3, 0.4) is 0 Å². The van der Waals surface area contributed by atoms with Gasteiger partial charge in [0.2, 0.25) is 5.91 Å². The predicted molar refractivity (Wildman–Crippen MR) is 74.6 cm³/mol. The van der Waals surface area contributed by atoms with E-state index in [4.69, 9.17) is 0 Å². The average molecular weight is 264 g/mol. The maximum absolute atomic E-state index is 12.6. The summed E-state index contributed by atoms with van der Waals surface area (Å²) in [6, 6.07) is -0.0638. The molecule has 106 valence electrons. The molecule has 1 amide bonds. The van der Waals surface area contributed by atoms with Crippen LogP contribution in [0.4, 0.5) is 0 Å². The number of piperidine rings is 1. The molecule has 1 aromatic heterocycles. The zero-order valence-corrected chi connectivity index (χ0v) is 11.8. The third-order valence-electron chi connectivity index (χ3n) is 4.05. The first-order valence-electron chi connectivity index (χ1n) is 7.19. The first-order chi connectivity index (χ1) is 9.18. The highest BCUT2D eigenvalue weighted by Crippen LogP contribution is 2.34. The van der Waals surface area contributed by atoms with E-state index in [1.807, 2.05) is 6.92 Å². The lowest BCUT2D eigenvalue weighted by molar-refractivity contribution is -0.134. The van der Waals surface area contributed by atoms with E-state index in [1.54, 1.807) is 12.4 Å². The van der Waals surface area contributed by atoms with Gasteiger partial charge in [-0.1, -0.05) is 13.3 Å². The van der Waals surface area contributed by atoms with E-state index in [9.17, 15) is 4.79 Å². The van der Waals surface area contributed by atoms with Gasteiger partial charge >= 0.3 is 0 Å². The van der Waals surface area contributed by atoms with E-state index < -0.39 is 0 Å². The topological polar surface area (TPSA) is 69.8 Å². The summed E-state index contributed by atoms with van der Waals surface area (Å²) in [5.74, 6) is 0.994. The van der Waals surface area contributed by atoms with Crippen molar-refractivity contribution >= 4 is 5.91 Å². The molecule has 1 atom stereocenters. The van der Waals surface area contributed by atoms with E-state index in [0.29, 0.717) is 0 Å². The standard InChI is InChI=1S/C14H24N4O/c1-3-4-14(5-7-15-8-6-14)13(19)18-11(2)12-16-9-10-17-12/h9-11,15H,3-8H2,1-2H3,(H,16,17)(H,18,19). The van der Waals surface area contributed by atoms with Gasteiger partial charge in [0.25, 0.3) is 0 Å².